The molecule has 5 heterocycles. The Kier molecular flexibility index (Phi) is 16.7. The van der Waals surface area contributed by atoms with Crippen molar-refractivity contribution in [3.8, 4) is 0 Å². The summed E-state index contributed by atoms with van der Waals surface area (Å²) in [6.45, 7) is 2.58. The highest BCUT2D eigenvalue weighted by Gasteiger charge is 2.42. The second kappa shape index (κ2) is 21.9. The van der Waals surface area contributed by atoms with E-state index in [1.807, 2.05) is 11.8 Å². The van der Waals surface area contributed by atoms with Crippen LogP contribution in [0, 0.1) is 0 Å². The molecule has 5 rings (SSSR count). The molecule has 5 amide bonds. The summed E-state index contributed by atoms with van der Waals surface area (Å²) in [5, 5.41) is 33.3. The number of fused-ring (bicyclic) bond motifs is 2. The number of nitrogens with one attached hydrogen (secondary N) is 6. The molecule has 53 heavy (non-hydrogen) atoms. The van der Waals surface area contributed by atoms with Crippen LogP contribution in [0.25, 0.3) is 11.0 Å². The van der Waals surface area contributed by atoms with Gasteiger partial charge in [-0.1, -0.05) is 19.3 Å². The van der Waals surface area contributed by atoms with Gasteiger partial charge in [-0.05, 0) is 64.2 Å². The predicted octanol–water partition coefficient (Wildman–Crippen LogP) is 2.88. The summed E-state index contributed by atoms with van der Waals surface area (Å²) in [7, 11) is 0. The van der Waals surface area contributed by atoms with E-state index in [0.717, 1.165) is 94.6 Å². The molecule has 3 aliphatic rings. The summed E-state index contributed by atoms with van der Waals surface area (Å²) in [5.41, 5.74) is 0.697. The lowest BCUT2D eigenvalue weighted by atomic mass is 10.0. The Labute approximate surface area is 315 Å². The number of carbonyl (C=O) groups is 4. The van der Waals surface area contributed by atoms with Gasteiger partial charge in [0.15, 0.2) is 11.9 Å². The van der Waals surface area contributed by atoms with Crippen molar-refractivity contribution in [1.29, 1.82) is 0 Å². The van der Waals surface area contributed by atoms with Gasteiger partial charge in [-0.2, -0.15) is 16.9 Å². The quantitative estimate of drug-likeness (QED) is 0.0578. The second-order valence-electron chi connectivity index (χ2n) is 14.2. The number of aliphatic hydroxyl groups excluding tert-OH is 1. The van der Waals surface area contributed by atoms with Crippen LogP contribution in [-0.2, 0) is 19.1 Å². The molecule has 1 unspecified atom stereocenters. The molecule has 16 nitrogen and oxygen atoms in total. The zero-order valence-electron chi connectivity index (χ0n) is 30.8. The van der Waals surface area contributed by atoms with Crippen molar-refractivity contribution in [3.63, 3.8) is 0 Å². The molecule has 0 saturated carbocycles. The largest absolute Gasteiger partial charge is 0.394 e. The minimum absolute atomic E-state index is 0.000151. The van der Waals surface area contributed by atoms with E-state index in [1.54, 1.807) is 10.9 Å². The molecule has 3 aliphatic heterocycles. The Morgan fingerprint density at radius 1 is 0.830 bits per heavy atom. The van der Waals surface area contributed by atoms with Crippen LogP contribution in [0.5, 0.6) is 0 Å². The summed E-state index contributed by atoms with van der Waals surface area (Å²) in [6.07, 6.45) is 15.5. The van der Waals surface area contributed by atoms with Gasteiger partial charge in [-0.25, -0.2) is 19.4 Å². The summed E-state index contributed by atoms with van der Waals surface area (Å²) < 4.78 is 7.61. The standard InChI is InChI=1S/C36H58N10O6S/c47-22-25-15-16-32(52-25)46-35-26(21-43-46)34(41-24-42-35)40-20-10-9-19-39-30(49)13-4-2-7-17-37-29(48)12-3-1-8-18-38-31(50)14-6-5-11-28-33-27(23-53-28)44-36(51)45-33/h21,24-25,27-28,32-33,47H,1-20,22-23H2,(H,37,48)(H,38,50)(H,39,49)(H,40,41,42)(H2,44,45,51)/t25-,27-,28?,32-,33-/m0/s1. The highest BCUT2D eigenvalue weighted by molar-refractivity contribution is 8.00. The van der Waals surface area contributed by atoms with Gasteiger partial charge < -0.3 is 41.7 Å². The van der Waals surface area contributed by atoms with Crippen LogP contribution in [-0.4, -0.2) is 111 Å². The Morgan fingerprint density at radius 2 is 1.47 bits per heavy atom. The van der Waals surface area contributed by atoms with Crippen LogP contribution < -0.4 is 31.9 Å². The Hall–Kier alpha value is -3.70. The Morgan fingerprint density at radius 3 is 2.13 bits per heavy atom. The molecular formula is C36H58N10O6S. The number of nitrogens with zero attached hydrogens (tertiary/aromatic N) is 4. The van der Waals surface area contributed by atoms with E-state index < -0.39 is 0 Å². The van der Waals surface area contributed by atoms with Gasteiger partial charge in [-0.3, -0.25) is 14.4 Å². The molecule has 0 aromatic carbocycles. The molecule has 0 spiro atoms. The molecule has 3 saturated heterocycles. The van der Waals surface area contributed by atoms with Gasteiger partial charge in [0.05, 0.1) is 36.4 Å². The first-order valence-electron chi connectivity index (χ1n) is 19.6. The summed E-state index contributed by atoms with van der Waals surface area (Å²) in [6, 6.07) is 0.399. The zero-order chi connectivity index (χ0) is 37.3. The molecule has 17 heteroatoms. The topological polar surface area (TPSA) is 214 Å². The number of unbranched alkanes of at least 4 members (excludes halogenated alkanes) is 6. The second-order valence-corrected chi connectivity index (χ2v) is 15.5. The fraction of sp³-hybridized carbons (Fsp3) is 0.750. The number of thioether (sulfide) groups is 1. The van der Waals surface area contributed by atoms with Crippen molar-refractivity contribution in [1.82, 2.24) is 46.3 Å². The molecule has 294 valence electrons. The molecule has 5 atom stereocenters. The molecule has 2 aromatic rings. The molecular weight excluding hydrogens is 701 g/mol. The minimum Gasteiger partial charge on any atom is -0.394 e. The molecule has 3 fully saturated rings. The first-order chi connectivity index (χ1) is 25.9. The predicted molar refractivity (Wildman–Crippen MR) is 203 cm³/mol. The molecule has 0 radical (unpaired) electrons. The lowest BCUT2D eigenvalue weighted by molar-refractivity contribution is -0.122. The Bertz CT molecular complexity index is 1480. The smallest absolute Gasteiger partial charge is 0.315 e. The fourth-order valence-electron chi connectivity index (χ4n) is 7.07. The lowest BCUT2D eigenvalue weighted by Gasteiger charge is -2.16. The van der Waals surface area contributed by atoms with E-state index in [4.69, 9.17) is 4.74 Å². The number of rotatable bonds is 25. The average molecular weight is 759 g/mol. The van der Waals surface area contributed by atoms with E-state index in [9.17, 15) is 24.3 Å². The van der Waals surface area contributed by atoms with Crippen molar-refractivity contribution in [2.45, 2.75) is 132 Å². The van der Waals surface area contributed by atoms with E-state index in [-0.39, 0.29) is 54.8 Å². The van der Waals surface area contributed by atoms with E-state index in [0.29, 0.717) is 62.2 Å². The van der Waals surface area contributed by atoms with Crippen molar-refractivity contribution < 1.29 is 29.0 Å². The number of aliphatic hydroxyl groups is 1. The number of ether oxygens (including phenoxy) is 1. The van der Waals surface area contributed by atoms with Gasteiger partial charge >= 0.3 is 6.03 Å². The third-order valence-corrected chi connectivity index (χ3v) is 11.6. The number of hydrogen-bond donors (Lipinski definition) is 7. The monoisotopic (exact) mass is 758 g/mol. The minimum atomic E-state index is -0.238. The molecule has 7 N–H and O–H groups in total. The molecule has 0 bridgehead atoms. The van der Waals surface area contributed by atoms with E-state index in [1.165, 1.54) is 6.33 Å². The van der Waals surface area contributed by atoms with Crippen molar-refractivity contribution in [3.05, 3.63) is 12.5 Å². The van der Waals surface area contributed by atoms with Crippen LogP contribution in [0.4, 0.5) is 10.6 Å². The number of hydrogen-bond acceptors (Lipinski definition) is 11. The molecule has 0 aliphatic carbocycles. The lowest BCUT2D eigenvalue weighted by Crippen LogP contribution is -2.36. The third kappa shape index (κ3) is 13.0. The first-order valence-corrected chi connectivity index (χ1v) is 20.6. The highest BCUT2D eigenvalue weighted by atomic mass is 32.2. The average Bonchev–Trinajstić information content (AvgIpc) is 3.96. The van der Waals surface area contributed by atoms with Crippen LogP contribution in [0.15, 0.2) is 12.5 Å². The number of amides is 5. The van der Waals surface area contributed by atoms with Crippen molar-refractivity contribution in [2.24, 2.45) is 0 Å². The zero-order valence-corrected chi connectivity index (χ0v) is 31.6. The fourth-order valence-corrected chi connectivity index (χ4v) is 8.61. The van der Waals surface area contributed by atoms with Crippen molar-refractivity contribution in [2.75, 3.05) is 43.9 Å². The summed E-state index contributed by atoms with van der Waals surface area (Å²) in [4.78, 5) is 56.8. The van der Waals surface area contributed by atoms with Crippen LogP contribution in [0.2, 0.25) is 0 Å². The van der Waals surface area contributed by atoms with E-state index >= 15 is 0 Å². The maximum Gasteiger partial charge on any atom is 0.315 e. The van der Waals surface area contributed by atoms with Gasteiger partial charge in [0.2, 0.25) is 17.7 Å². The highest BCUT2D eigenvalue weighted by Crippen LogP contribution is 2.33. The van der Waals surface area contributed by atoms with Crippen LogP contribution in [0.1, 0.15) is 109 Å². The number of carbonyl (C=O) groups excluding carboxylic acids is 4. The summed E-state index contributed by atoms with van der Waals surface area (Å²) in [5.74, 6) is 1.86. The van der Waals surface area contributed by atoms with Crippen molar-refractivity contribution >= 4 is 52.4 Å². The van der Waals surface area contributed by atoms with Gasteiger partial charge in [0.25, 0.3) is 0 Å². The SMILES string of the molecule is O=C(CCCCCNC(=O)CCCCC1SC[C@@H]2NC(=O)N[C@H]12)NCCCCCC(=O)NCCCCNc1ncnc2c1cnn2[C@@H]1CC[C@@H](CO)O1. The molecule has 2 aromatic heterocycles. The first kappa shape index (κ1) is 40.5. The number of urea groups is 1. The Balaban J connectivity index is 0.777. The maximum atomic E-state index is 12.2. The normalized spacial score (nSPS) is 22.0. The number of aromatic nitrogens is 4. The van der Waals surface area contributed by atoms with Crippen LogP contribution in [0.3, 0.4) is 0 Å². The maximum absolute atomic E-state index is 12.2. The van der Waals surface area contributed by atoms with Crippen LogP contribution >= 0.6 is 11.8 Å². The van der Waals surface area contributed by atoms with E-state index in [2.05, 4.69) is 47.0 Å². The third-order valence-electron chi connectivity index (χ3n) is 10.1. The summed E-state index contributed by atoms with van der Waals surface area (Å²) >= 11 is 1.90. The van der Waals surface area contributed by atoms with Gasteiger partial charge in [-0.15, -0.1) is 0 Å². The van der Waals surface area contributed by atoms with Gasteiger partial charge in [0.1, 0.15) is 12.1 Å². The van der Waals surface area contributed by atoms with Gasteiger partial charge in [0, 0.05) is 56.4 Å². The number of anilines is 1.